The van der Waals surface area contributed by atoms with Gasteiger partial charge in [-0.1, -0.05) is 23.7 Å². The summed E-state index contributed by atoms with van der Waals surface area (Å²) in [5.74, 6) is -0.290. The van der Waals surface area contributed by atoms with E-state index in [-0.39, 0.29) is 10.9 Å². The molecule has 0 fully saturated rings. The summed E-state index contributed by atoms with van der Waals surface area (Å²) >= 11 is 9.43. The topological polar surface area (TPSA) is 55.1 Å². The maximum absolute atomic E-state index is 12.2. The summed E-state index contributed by atoms with van der Waals surface area (Å²) in [5, 5.41) is 3.06. The summed E-state index contributed by atoms with van der Waals surface area (Å²) in [7, 11) is 0. The standard InChI is InChI=1S/C14H12BrClN2O/c1-8-5-6-12(10(15)7-8)18-14(19)9-3-2-4-11(17)13(9)16/h2-7H,17H2,1H3,(H,18,19). The van der Waals surface area contributed by atoms with Crippen molar-refractivity contribution in [2.75, 3.05) is 11.1 Å². The molecule has 0 spiro atoms. The number of hydrogen-bond donors (Lipinski definition) is 2. The van der Waals surface area contributed by atoms with Gasteiger partial charge >= 0.3 is 0 Å². The van der Waals surface area contributed by atoms with E-state index in [9.17, 15) is 4.79 Å². The third-order valence-corrected chi connectivity index (χ3v) is 3.72. The molecule has 2 rings (SSSR count). The first-order valence-corrected chi connectivity index (χ1v) is 6.77. The van der Waals surface area contributed by atoms with Crippen LogP contribution in [0.2, 0.25) is 5.02 Å². The molecule has 0 aliphatic heterocycles. The SMILES string of the molecule is Cc1ccc(NC(=O)c2cccc(N)c2Cl)c(Br)c1. The third-order valence-electron chi connectivity index (χ3n) is 2.65. The first kappa shape index (κ1) is 13.9. The van der Waals surface area contributed by atoms with Gasteiger partial charge in [0.2, 0.25) is 0 Å². The van der Waals surface area contributed by atoms with Crippen LogP contribution in [0.3, 0.4) is 0 Å². The van der Waals surface area contributed by atoms with Crippen LogP contribution in [0.1, 0.15) is 15.9 Å². The molecule has 0 radical (unpaired) electrons. The number of benzene rings is 2. The van der Waals surface area contributed by atoms with E-state index in [1.165, 1.54) is 0 Å². The lowest BCUT2D eigenvalue weighted by Crippen LogP contribution is -2.13. The van der Waals surface area contributed by atoms with E-state index in [0.29, 0.717) is 16.9 Å². The normalized spacial score (nSPS) is 10.3. The zero-order chi connectivity index (χ0) is 14.0. The van der Waals surface area contributed by atoms with Crippen molar-refractivity contribution in [3.05, 3.63) is 57.0 Å². The van der Waals surface area contributed by atoms with Gasteiger partial charge < -0.3 is 11.1 Å². The lowest BCUT2D eigenvalue weighted by molar-refractivity contribution is 0.102. The highest BCUT2D eigenvalue weighted by Crippen LogP contribution is 2.27. The highest BCUT2D eigenvalue weighted by molar-refractivity contribution is 9.10. The Morgan fingerprint density at radius 3 is 2.74 bits per heavy atom. The van der Waals surface area contributed by atoms with E-state index in [0.717, 1.165) is 10.0 Å². The lowest BCUT2D eigenvalue weighted by Gasteiger charge is -2.10. The molecule has 2 aromatic carbocycles. The number of rotatable bonds is 2. The quantitative estimate of drug-likeness (QED) is 0.804. The van der Waals surface area contributed by atoms with Crippen molar-refractivity contribution in [2.24, 2.45) is 0 Å². The fourth-order valence-corrected chi connectivity index (χ4v) is 2.44. The van der Waals surface area contributed by atoms with Crippen molar-refractivity contribution in [3.8, 4) is 0 Å². The molecule has 0 aliphatic carbocycles. The number of amides is 1. The molecule has 1 amide bonds. The number of carbonyl (C=O) groups is 1. The van der Waals surface area contributed by atoms with E-state index >= 15 is 0 Å². The van der Waals surface area contributed by atoms with Crippen molar-refractivity contribution in [1.29, 1.82) is 0 Å². The van der Waals surface area contributed by atoms with Gasteiger partial charge in [0.25, 0.3) is 5.91 Å². The summed E-state index contributed by atoms with van der Waals surface area (Å²) in [6, 6.07) is 10.7. The minimum atomic E-state index is -0.290. The van der Waals surface area contributed by atoms with Crippen LogP contribution in [-0.4, -0.2) is 5.91 Å². The van der Waals surface area contributed by atoms with E-state index in [1.54, 1.807) is 18.2 Å². The number of nitrogens with two attached hydrogens (primary N) is 1. The zero-order valence-corrected chi connectivity index (χ0v) is 12.5. The Labute approximate surface area is 124 Å². The minimum absolute atomic E-state index is 0.267. The summed E-state index contributed by atoms with van der Waals surface area (Å²) in [4.78, 5) is 12.2. The van der Waals surface area contributed by atoms with Crippen molar-refractivity contribution in [2.45, 2.75) is 6.92 Å². The van der Waals surface area contributed by atoms with Crippen LogP contribution in [0.15, 0.2) is 40.9 Å². The zero-order valence-electron chi connectivity index (χ0n) is 10.2. The van der Waals surface area contributed by atoms with Gasteiger partial charge in [-0.2, -0.15) is 0 Å². The van der Waals surface area contributed by atoms with Crippen LogP contribution in [-0.2, 0) is 0 Å². The van der Waals surface area contributed by atoms with Crippen LogP contribution in [0.4, 0.5) is 11.4 Å². The van der Waals surface area contributed by atoms with Gasteiger partial charge in [0, 0.05) is 4.47 Å². The molecule has 0 saturated carbocycles. The summed E-state index contributed by atoms with van der Waals surface area (Å²) in [6.07, 6.45) is 0. The monoisotopic (exact) mass is 338 g/mol. The Bertz CT molecular complexity index is 643. The molecule has 0 aromatic heterocycles. The number of nitrogen functional groups attached to an aromatic ring is 1. The first-order chi connectivity index (χ1) is 8.99. The lowest BCUT2D eigenvalue weighted by atomic mass is 10.1. The molecule has 0 bridgehead atoms. The number of anilines is 2. The molecule has 5 heteroatoms. The van der Waals surface area contributed by atoms with Gasteiger partial charge in [-0.25, -0.2) is 0 Å². The van der Waals surface area contributed by atoms with Gasteiger partial charge in [-0.3, -0.25) is 4.79 Å². The maximum Gasteiger partial charge on any atom is 0.257 e. The van der Waals surface area contributed by atoms with Crippen molar-refractivity contribution >= 4 is 44.8 Å². The van der Waals surface area contributed by atoms with Crippen molar-refractivity contribution in [1.82, 2.24) is 0 Å². The first-order valence-electron chi connectivity index (χ1n) is 5.60. The molecule has 3 nitrogen and oxygen atoms in total. The molecular formula is C14H12BrClN2O. The van der Waals surface area contributed by atoms with Gasteiger partial charge in [0.1, 0.15) is 0 Å². The molecule has 0 saturated heterocycles. The Morgan fingerprint density at radius 2 is 2.05 bits per heavy atom. The Morgan fingerprint density at radius 1 is 1.32 bits per heavy atom. The molecule has 19 heavy (non-hydrogen) atoms. The number of aryl methyl sites for hydroxylation is 1. The maximum atomic E-state index is 12.2. The second-order valence-corrected chi connectivity index (χ2v) is 5.38. The third kappa shape index (κ3) is 3.08. The van der Waals surface area contributed by atoms with E-state index in [2.05, 4.69) is 21.2 Å². The molecule has 2 aromatic rings. The average Bonchev–Trinajstić information content (AvgIpc) is 2.36. The Hall–Kier alpha value is -1.52. The van der Waals surface area contributed by atoms with Gasteiger partial charge in [-0.05, 0) is 52.7 Å². The van der Waals surface area contributed by atoms with Crippen LogP contribution in [0.5, 0.6) is 0 Å². The van der Waals surface area contributed by atoms with Crippen molar-refractivity contribution in [3.63, 3.8) is 0 Å². The summed E-state index contributed by atoms with van der Waals surface area (Å²) in [6.45, 7) is 1.98. The molecule has 0 atom stereocenters. The Balaban J connectivity index is 2.28. The highest BCUT2D eigenvalue weighted by atomic mass is 79.9. The van der Waals surface area contributed by atoms with E-state index in [4.69, 9.17) is 17.3 Å². The smallest absolute Gasteiger partial charge is 0.257 e. The highest BCUT2D eigenvalue weighted by Gasteiger charge is 2.13. The number of halogens is 2. The van der Waals surface area contributed by atoms with E-state index in [1.807, 2.05) is 25.1 Å². The molecule has 0 unspecified atom stereocenters. The van der Waals surface area contributed by atoms with Crippen LogP contribution in [0.25, 0.3) is 0 Å². The van der Waals surface area contributed by atoms with Crippen LogP contribution in [0, 0.1) is 6.92 Å². The summed E-state index contributed by atoms with van der Waals surface area (Å²) in [5.41, 5.74) is 8.21. The predicted octanol–water partition coefficient (Wildman–Crippen LogP) is 4.25. The molecule has 0 heterocycles. The van der Waals surface area contributed by atoms with Gasteiger partial charge in [-0.15, -0.1) is 0 Å². The van der Waals surface area contributed by atoms with Crippen LogP contribution < -0.4 is 11.1 Å². The second-order valence-electron chi connectivity index (χ2n) is 4.15. The van der Waals surface area contributed by atoms with Gasteiger partial charge in [0.05, 0.1) is 22.0 Å². The second kappa shape index (κ2) is 5.63. The number of carbonyl (C=O) groups excluding carboxylic acids is 1. The average molecular weight is 340 g/mol. The predicted molar refractivity (Wildman–Crippen MR) is 82.7 cm³/mol. The van der Waals surface area contributed by atoms with Crippen molar-refractivity contribution < 1.29 is 4.79 Å². The summed E-state index contributed by atoms with van der Waals surface area (Å²) < 4.78 is 0.820. The molecular weight excluding hydrogens is 328 g/mol. The molecule has 3 N–H and O–H groups in total. The molecule has 0 aliphatic rings. The minimum Gasteiger partial charge on any atom is -0.398 e. The fourth-order valence-electron chi connectivity index (χ4n) is 1.64. The van der Waals surface area contributed by atoms with Crippen LogP contribution >= 0.6 is 27.5 Å². The largest absolute Gasteiger partial charge is 0.398 e. The Kier molecular flexibility index (Phi) is 4.12. The van der Waals surface area contributed by atoms with E-state index < -0.39 is 0 Å². The number of nitrogens with one attached hydrogen (secondary N) is 1. The van der Waals surface area contributed by atoms with Gasteiger partial charge in [0.15, 0.2) is 0 Å². The number of hydrogen-bond acceptors (Lipinski definition) is 2. The fraction of sp³-hybridized carbons (Fsp3) is 0.0714. The molecule has 98 valence electrons.